The molecule has 1 aromatic heterocycles. The van der Waals surface area contributed by atoms with Gasteiger partial charge >= 0.3 is 6.03 Å². The summed E-state index contributed by atoms with van der Waals surface area (Å²) in [7, 11) is 0. The van der Waals surface area contributed by atoms with Gasteiger partial charge in [0.25, 0.3) is 0 Å². The third kappa shape index (κ3) is 4.68. The van der Waals surface area contributed by atoms with Crippen molar-refractivity contribution >= 4 is 17.6 Å². The minimum atomic E-state index is -0.468. The molecule has 7 heteroatoms. The van der Waals surface area contributed by atoms with Crippen LogP contribution in [0, 0.1) is 5.82 Å². The van der Waals surface area contributed by atoms with Gasteiger partial charge < -0.3 is 15.7 Å². The zero-order valence-electron chi connectivity index (χ0n) is 11.6. The fourth-order valence-electron chi connectivity index (χ4n) is 1.79. The molecule has 1 heterocycles. The molecule has 0 atom stereocenters. The van der Waals surface area contributed by atoms with E-state index in [1.165, 1.54) is 18.3 Å². The number of aliphatic hydroxyl groups excluding tert-OH is 1. The van der Waals surface area contributed by atoms with E-state index in [1.54, 1.807) is 18.2 Å². The van der Waals surface area contributed by atoms with E-state index < -0.39 is 5.82 Å². The molecule has 0 aliphatic carbocycles. The Morgan fingerprint density at radius 1 is 1.23 bits per heavy atom. The maximum absolute atomic E-state index is 13.2. The normalized spacial score (nSPS) is 10.3. The van der Waals surface area contributed by atoms with Crippen LogP contribution in [0.4, 0.5) is 9.18 Å². The summed E-state index contributed by atoms with van der Waals surface area (Å²) in [6.07, 6.45) is 1.51. The molecule has 116 valence electrons. The van der Waals surface area contributed by atoms with E-state index >= 15 is 0 Å². The van der Waals surface area contributed by atoms with Crippen molar-refractivity contribution in [3.05, 3.63) is 64.2 Å². The third-order valence-corrected chi connectivity index (χ3v) is 3.18. The summed E-state index contributed by atoms with van der Waals surface area (Å²) in [6.45, 7) is 0.121. The Balaban J connectivity index is 1.81. The number of pyridine rings is 1. The molecule has 0 aliphatic heterocycles. The van der Waals surface area contributed by atoms with Gasteiger partial charge in [-0.15, -0.1) is 0 Å². The maximum atomic E-state index is 13.2. The second kappa shape index (κ2) is 7.72. The van der Waals surface area contributed by atoms with E-state index in [4.69, 9.17) is 16.7 Å². The highest BCUT2D eigenvalue weighted by atomic mass is 35.5. The predicted octanol–water partition coefficient (Wildman–Crippen LogP) is 2.37. The maximum Gasteiger partial charge on any atom is 0.315 e. The van der Waals surface area contributed by atoms with Gasteiger partial charge in [0.2, 0.25) is 0 Å². The summed E-state index contributed by atoms with van der Waals surface area (Å²) in [5.41, 5.74) is 1.58. The lowest BCUT2D eigenvalue weighted by molar-refractivity contribution is 0.240. The molecular formula is C15H15ClFN3O2. The number of carbonyl (C=O) groups is 1. The van der Waals surface area contributed by atoms with Crippen LogP contribution < -0.4 is 10.6 Å². The number of urea groups is 1. The van der Waals surface area contributed by atoms with E-state index in [1.807, 2.05) is 0 Å². The van der Waals surface area contributed by atoms with E-state index in [-0.39, 0.29) is 31.3 Å². The number of aliphatic hydroxyl groups is 1. The van der Waals surface area contributed by atoms with Crippen LogP contribution in [0.5, 0.6) is 0 Å². The Labute approximate surface area is 132 Å². The molecule has 0 unspecified atom stereocenters. The Hall–Kier alpha value is -2.18. The topological polar surface area (TPSA) is 74.2 Å². The number of amides is 2. The van der Waals surface area contributed by atoms with Crippen LogP contribution in [-0.4, -0.2) is 16.1 Å². The molecule has 0 spiro atoms. The Morgan fingerprint density at radius 3 is 2.68 bits per heavy atom. The first-order chi connectivity index (χ1) is 10.6. The molecular weight excluding hydrogens is 309 g/mol. The molecule has 0 bridgehead atoms. The van der Waals surface area contributed by atoms with Crippen LogP contribution in [0.25, 0.3) is 0 Å². The molecule has 2 amide bonds. The number of rotatable bonds is 5. The highest BCUT2D eigenvalue weighted by Gasteiger charge is 2.05. The van der Waals surface area contributed by atoms with E-state index in [0.717, 1.165) is 0 Å². The molecule has 5 nitrogen and oxygen atoms in total. The molecule has 1 aromatic carbocycles. The van der Waals surface area contributed by atoms with Gasteiger partial charge in [0.1, 0.15) is 5.82 Å². The Bertz CT molecular complexity index is 650. The van der Waals surface area contributed by atoms with Crippen LogP contribution in [0.1, 0.15) is 16.8 Å². The number of aromatic nitrogens is 1. The number of nitrogens with zero attached hydrogens (tertiary/aromatic N) is 1. The van der Waals surface area contributed by atoms with Crippen molar-refractivity contribution in [1.82, 2.24) is 15.6 Å². The smallest absolute Gasteiger partial charge is 0.315 e. The van der Waals surface area contributed by atoms with Crippen LogP contribution in [-0.2, 0) is 19.7 Å². The van der Waals surface area contributed by atoms with E-state index in [0.29, 0.717) is 16.3 Å². The number of carbonyl (C=O) groups excluding carboxylic acids is 1. The molecule has 0 aliphatic rings. The number of halogens is 2. The van der Waals surface area contributed by atoms with Crippen molar-refractivity contribution in [3.63, 3.8) is 0 Å². The summed E-state index contributed by atoms with van der Waals surface area (Å²) in [6, 6.07) is 7.37. The molecule has 0 radical (unpaired) electrons. The highest BCUT2D eigenvalue weighted by Crippen LogP contribution is 2.10. The molecule has 22 heavy (non-hydrogen) atoms. The quantitative estimate of drug-likeness (QED) is 0.791. The van der Waals surface area contributed by atoms with Crippen LogP contribution >= 0.6 is 11.6 Å². The largest absolute Gasteiger partial charge is 0.392 e. The first-order valence-electron chi connectivity index (χ1n) is 6.59. The highest BCUT2D eigenvalue weighted by molar-refractivity contribution is 6.30. The van der Waals surface area contributed by atoms with Gasteiger partial charge in [-0.25, -0.2) is 9.18 Å². The van der Waals surface area contributed by atoms with Crippen molar-refractivity contribution in [2.75, 3.05) is 0 Å². The lowest BCUT2D eigenvalue weighted by Crippen LogP contribution is -2.34. The summed E-state index contributed by atoms with van der Waals surface area (Å²) in [4.78, 5) is 15.7. The van der Waals surface area contributed by atoms with Gasteiger partial charge in [-0.05, 0) is 29.8 Å². The van der Waals surface area contributed by atoms with Crippen LogP contribution in [0.3, 0.4) is 0 Å². The monoisotopic (exact) mass is 323 g/mol. The van der Waals surface area contributed by atoms with Gasteiger partial charge in [-0.3, -0.25) is 4.98 Å². The summed E-state index contributed by atoms with van der Waals surface area (Å²) < 4.78 is 13.2. The zero-order valence-corrected chi connectivity index (χ0v) is 12.4. The first kappa shape index (κ1) is 16.2. The van der Waals surface area contributed by atoms with Gasteiger partial charge in [0.05, 0.1) is 23.9 Å². The van der Waals surface area contributed by atoms with Gasteiger partial charge in [-0.1, -0.05) is 17.7 Å². The van der Waals surface area contributed by atoms with Gasteiger partial charge in [0, 0.05) is 18.3 Å². The van der Waals surface area contributed by atoms with E-state index in [9.17, 15) is 9.18 Å². The van der Waals surface area contributed by atoms with Crippen molar-refractivity contribution < 1.29 is 14.3 Å². The lowest BCUT2D eigenvalue weighted by atomic mass is 10.1. The van der Waals surface area contributed by atoms with E-state index in [2.05, 4.69) is 15.6 Å². The molecule has 0 fully saturated rings. The zero-order chi connectivity index (χ0) is 15.9. The summed E-state index contributed by atoms with van der Waals surface area (Å²) >= 11 is 5.72. The average molecular weight is 324 g/mol. The van der Waals surface area contributed by atoms with Crippen molar-refractivity contribution in [2.45, 2.75) is 19.7 Å². The van der Waals surface area contributed by atoms with Crippen molar-refractivity contribution in [2.24, 2.45) is 0 Å². The summed E-state index contributed by atoms with van der Waals surface area (Å²) in [5, 5.41) is 14.8. The van der Waals surface area contributed by atoms with Crippen LogP contribution in [0.2, 0.25) is 5.02 Å². The molecule has 0 saturated carbocycles. The SMILES string of the molecule is O=C(NCc1ccc(F)c(CO)c1)NCc1ccc(Cl)cn1. The van der Waals surface area contributed by atoms with Gasteiger partial charge in [-0.2, -0.15) is 0 Å². The van der Waals surface area contributed by atoms with Crippen molar-refractivity contribution in [1.29, 1.82) is 0 Å². The Morgan fingerprint density at radius 2 is 2.00 bits per heavy atom. The number of hydrogen-bond acceptors (Lipinski definition) is 3. The summed E-state index contributed by atoms with van der Waals surface area (Å²) in [5.74, 6) is -0.468. The standard InChI is InChI=1S/C15H15ClFN3O2/c16-12-2-3-13(18-7-12)8-20-15(22)19-6-10-1-4-14(17)11(5-10)9-21/h1-5,7,21H,6,8-9H2,(H2,19,20,22). The minimum absolute atomic E-state index is 0.199. The van der Waals surface area contributed by atoms with Gasteiger partial charge in [0.15, 0.2) is 0 Å². The molecule has 2 rings (SSSR count). The fourth-order valence-corrected chi connectivity index (χ4v) is 1.90. The molecule has 2 aromatic rings. The van der Waals surface area contributed by atoms with Crippen molar-refractivity contribution in [3.8, 4) is 0 Å². The Kier molecular flexibility index (Phi) is 5.68. The predicted molar refractivity (Wildman–Crippen MR) is 80.6 cm³/mol. The second-order valence-corrected chi connectivity index (χ2v) is 5.02. The number of hydrogen-bond donors (Lipinski definition) is 3. The minimum Gasteiger partial charge on any atom is -0.392 e. The van der Waals surface area contributed by atoms with Crippen LogP contribution in [0.15, 0.2) is 36.5 Å². The number of nitrogens with one attached hydrogen (secondary N) is 2. The first-order valence-corrected chi connectivity index (χ1v) is 6.96. The second-order valence-electron chi connectivity index (χ2n) is 4.59. The third-order valence-electron chi connectivity index (χ3n) is 2.95. The lowest BCUT2D eigenvalue weighted by Gasteiger charge is -2.08. The average Bonchev–Trinajstić information content (AvgIpc) is 2.53. The molecule has 3 N–H and O–H groups in total. The molecule has 0 saturated heterocycles. The fraction of sp³-hybridized carbons (Fsp3) is 0.200. The number of benzene rings is 1.